The Morgan fingerprint density at radius 2 is 1.80 bits per heavy atom. The van der Waals surface area contributed by atoms with Crippen molar-refractivity contribution in [1.29, 1.82) is 0 Å². The minimum atomic E-state index is -1.50. The second-order valence-electron chi connectivity index (χ2n) is 8.26. The summed E-state index contributed by atoms with van der Waals surface area (Å²) in [5, 5.41) is 30.7. The van der Waals surface area contributed by atoms with Crippen LogP contribution in [-0.2, 0) is 11.3 Å². The number of ether oxygens (including phenoxy) is 1. The normalized spacial score (nSPS) is 14.8. The molecule has 3 N–H and O–H groups in total. The predicted octanol–water partition coefficient (Wildman–Crippen LogP) is 2.35. The lowest BCUT2D eigenvalue weighted by molar-refractivity contribution is -0.130. The first-order valence-electron chi connectivity index (χ1n) is 10.9. The van der Waals surface area contributed by atoms with Crippen molar-refractivity contribution in [3.63, 3.8) is 0 Å². The molecule has 1 aromatic heterocycles. The minimum absolute atomic E-state index is 0.0116. The largest absolute Gasteiger partial charge is 0.505 e. The first-order chi connectivity index (χ1) is 16.7. The molecule has 0 saturated carbocycles. The first-order valence-corrected chi connectivity index (χ1v) is 10.9. The van der Waals surface area contributed by atoms with E-state index in [1.54, 1.807) is 12.1 Å². The fourth-order valence-corrected chi connectivity index (χ4v) is 4.00. The lowest BCUT2D eigenvalue weighted by Crippen LogP contribution is -2.32. The number of imide groups is 1. The summed E-state index contributed by atoms with van der Waals surface area (Å²) >= 11 is 0. The molecule has 2 heterocycles. The zero-order valence-corrected chi connectivity index (χ0v) is 18.8. The van der Waals surface area contributed by atoms with E-state index in [-0.39, 0.29) is 48.4 Å². The van der Waals surface area contributed by atoms with Gasteiger partial charge in [-0.3, -0.25) is 24.3 Å². The van der Waals surface area contributed by atoms with Crippen LogP contribution in [0.3, 0.4) is 0 Å². The number of pyridine rings is 1. The van der Waals surface area contributed by atoms with Gasteiger partial charge in [-0.2, -0.15) is 0 Å². The molecule has 1 aliphatic rings. The number of aromatic nitrogens is 1. The van der Waals surface area contributed by atoms with Gasteiger partial charge in [0.25, 0.3) is 11.8 Å². The van der Waals surface area contributed by atoms with Crippen molar-refractivity contribution >= 4 is 28.5 Å². The Kier molecular flexibility index (Phi) is 6.77. The van der Waals surface area contributed by atoms with E-state index in [0.717, 1.165) is 4.90 Å². The zero-order chi connectivity index (χ0) is 25.3. The van der Waals surface area contributed by atoms with Crippen LogP contribution < -0.4 is 4.74 Å². The van der Waals surface area contributed by atoms with Gasteiger partial charge in [0, 0.05) is 11.6 Å². The molecule has 2 amide bonds. The van der Waals surface area contributed by atoms with E-state index < -0.39 is 41.4 Å². The first kappa shape index (κ1) is 24.2. The van der Waals surface area contributed by atoms with Crippen molar-refractivity contribution < 1.29 is 38.8 Å². The number of aliphatic hydroxyl groups is 2. The number of rotatable bonds is 9. The maximum absolute atomic E-state index is 13.3. The summed E-state index contributed by atoms with van der Waals surface area (Å²) in [6.45, 7) is 1.02. The van der Waals surface area contributed by atoms with Crippen LogP contribution in [0.15, 0.2) is 42.6 Å². The van der Waals surface area contributed by atoms with Crippen molar-refractivity contribution in [2.24, 2.45) is 0 Å². The second-order valence-corrected chi connectivity index (χ2v) is 8.26. The number of fused-ring (bicyclic) bond motifs is 2. The number of hydrogen-bond donors (Lipinski definition) is 3. The fourth-order valence-electron chi connectivity index (χ4n) is 4.00. The van der Waals surface area contributed by atoms with E-state index in [2.05, 4.69) is 4.98 Å². The smallest absolute Gasteiger partial charge is 0.265 e. The van der Waals surface area contributed by atoms with Gasteiger partial charge in [0.1, 0.15) is 28.8 Å². The Balaban J connectivity index is 1.64. The van der Waals surface area contributed by atoms with Crippen LogP contribution in [0.5, 0.6) is 11.5 Å². The number of ketones is 1. The summed E-state index contributed by atoms with van der Waals surface area (Å²) in [5.41, 5.74) is 0.256. The number of Topliss-reactive ketones (excluding diaryl/α,β-unsaturated/α-hetero) is 1. The summed E-state index contributed by atoms with van der Waals surface area (Å²) in [4.78, 5) is 42.8. The van der Waals surface area contributed by atoms with E-state index in [0.29, 0.717) is 10.9 Å². The van der Waals surface area contributed by atoms with E-state index in [4.69, 9.17) is 4.74 Å². The van der Waals surface area contributed by atoms with Crippen molar-refractivity contribution in [2.75, 3.05) is 6.61 Å². The Bertz CT molecular complexity index is 1310. The number of aliphatic hydroxyl groups excluding tert-OH is 2. The number of aromatic hydroxyl groups is 1. The molecular weight excluding hydrogens is 459 g/mol. The molecule has 0 saturated heterocycles. The van der Waals surface area contributed by atoms with Gasteiger partial charge in [0.05, 0.1) is 24.8 Å². The Morgan fingerprint density at radius 1 is 1.11 bits per heavy atom. The third kappa shape index (κ3) is 4.58. The molecule has 0 aliphatic carbocycles. The molecule has 182 valence electrons. The Labute approximate surface area is 199 Å². The van der Waals surface area contributed by atoms with Crippen LogP contribution in [0.25, 0.3) is 10.9 Å². The number of carbonyl (C=O) groups excluding carboxylic acids is 3. The molecule has 3 aromatic rings. The highest BCUT2D eigenvalue weighted by molar-refractivity contribution is 6.26. The average Bonchev–Trinajstić information content (AvgIpc) is 3.09. The van der Waals surface area contributed by atoms with E-state index >= 15 is 0 Å². The zero-order valence-electron chi connectivity index (χ0n) is 18.8. The number of carbonyl (C=O) groups is 3. The predicted molar refractivity (Wildman–Crippen MR) is 121 cm³/mol. The summed E-state index contributed by atoms with van der Waals surface area (Å²) in [7, 11) is 0. The lowest BCUT2D eigenvalue weighted by Gasteiger charge is -2.17. The maximum Gasteiger partial charge on any atom is 0.265 e. The van der Waals surface area contributed by atoms with Gasteiger partial charge in [-0.1, -0.05) is 12.1 Å². The lowest BCUT2D eigenvalue weighted by atomic mass is 10.0. The Hall–Kier alpha value is -3.89. The number of halogens is 1. The van der Waals surface area contributed by atoms with E-state index in [1.807, 2.05) is 0 Å². The maximum atomic E-state index is 13.3. The number of nitrogens with zero attached hydrogens (tertiary/aromatic N) is 2. The van der Waals surface area contributed by atoms with Crippen LogP contribution in [0.2, 0.25) is 0 Å². The molecule has 0 spiro atoms. The van der Waals surface area contributed by atoms with Crippen LogP contribution >= 0.6 is 0 Å². The number of benzene rings is 2. The van der Waals surface area contributed by atoms with Gasteiger partial charge in [0.2, 0.25) is 0 Å². The molecule has 2 unspecified atom stereocenters. The SMILES string of the molecule is CC(=O)C(O)C(O)CCCOc1c2c(c(O)c3ncccc13)C(=O)N(Cc1ccc(F)cc1)C2=O. The molecule has 9 nitrogen and oxygen atoms in total. The van der Waals surface area contributed by atoms with Crippen LogP contribution in [0.4, 0.5) is 4.39 Å². The van der Waals surface area contributed by atoms with E-state index in [9.17, 15) is 34.1 Å². The minimum Gasteiger partial charge on any atom is -0.505 e. The van der Waals surface area contributed by atoms with Crippen molar-refractivity contribution in [3.8, 4) is 11.5 Å². The van der Waals surface area contributed by atoms with Crippen molar-refractivity contribution in [3.05, 3.63) is 65.1 Å². The highest BCUT2D eigenvalue weighted by Gasteiger charge is 2.42. The van der Waals surface area contributed by atoms with E-state index in [1.165, 1.54) is 37.4 Å². The molecule has 1 aliphatic heterocycles. The van der Waals surface area contributed by atoms with Gasteiger partial charge in [-0.05, 0) is 49.6 Å². The monoisotopic (exact) mass is 482 g/mol. The summed E-state index contributed by atoms with van der Waals surface area (Å²) in [6, 6.07) is 8.52. The molecule has 4 rings (SSSR count). The highest BCUT2D eigenvalue weighted by Crippen LogP contribution is 2.44. The van der Waals surface area contributed by atoms with Gasteiger partial charge < -0.3 is 20.1 Å². The highest BCUT2D eigenvalue weighted by atomic mass is 19.1. The van der Waals surface area contributed by atoms with Crippen LogP contribution in [0.1, 0.15) is 46.0 Å². The molecule has 0 radical (unpaired) electrons. The van der Waals surface area contributed by atoms with Crippen molar-refractivity contribution in [2.45, 2.75) is 38.5 Å². The standard InChI is InChI=1S/C25H23FN2O7/c1-13(29)21(31)17(30)5-3-11-35-23-16-4-2-10-27-20(16)22(32)18-19(23)25(34)28(24(18)33)12-14-6-8-15(26)9-7-14/h2,4,6-10,17,21,30-32H,3,5,11-12H2,1H3. The van der Waals surface area contributed by atoms with Crippen molar-refractivity contribution in [1.82, 2.24) is 9.88 Å². The number of phenols is 1. The topological polar surface area (TPSA) is 137 Å². The van der Waals surface area contributed by atoms with Gasteiger partial charge in [-0.25, -0.2) is 4.39 Å². The van der Waals surface area contributed by atoms with Gasteiger partial charge >= 0.3 is 0 Å². The molecule has 2 aromatic carbocycles. The Morgan fingerprint density at radius 3 is 2.49 bits per heavy atom. The summed E-state index contributed by atoms with van der Waals surface area (Å²) in [5.74, 6) is -2.81. The fraction of sp³-hybridized carbons (Fsp3) is 0.280. The number of phenolic OH excluding ortho intramolecular Hbond substituents is 1. The second kappa shape index (κ2) is 9.77. The molecule has 10 heteroatoms. The average molecular weight is 482 g/mol. The molecular formula is C25H23FN2O7. The van der Waals surface area contributed by atoms with Gasteiger partial charge in [-0.15, -0.1) is 0 Å². The third-order valence-electron chi connectivity index (χ3n) is 5.83. The third-order valence-corrected chi connectivity index (χ3v) is 5.83. The molecule has 35 heavy (non-hydrogen) atoms. The summed E-state index contributed by atoms with van der Waals surface area (Å²) in [6.07, 6.45) is -1.06. The van der Waals surface area contributed by atoms with Gasteiger partial charge in [0.15, 0.2) is 11.5 Å². The van der Waals surface area contributed by atoms with Crippen LogP contribution in [0, 0.1) is 5.82 Å². The quantitative estimate of drug-likeness (QED) is 0.312. The number of hydrogen-bond acceptors (Lipinski definition) is 8. The molecule has 0 bridgehead atoms. The number of amides is 2. The molecule has 0 fully saturated rings. The van der Waals surface area contributed by atoms with Crippen LogP contribution in [-0.4, -0.2) is 61.6 Å². The summed E-state index contributed by atoms with van der Waals surface area (Å²) < 4.78 is 19.1. The molecule has 2 atom stereocenters.